The van der Waals surface area contributed by atoms with Crippen LogP contribution < -0.4 is 0 Å². The third kappa shape index (κ3) is 1.65. The van der Waals surface area contributed by atoms with Gasteiger partial charge < -0.3 is 9.21 Å². The van der Waals surface area contributed by atoms with E-state index in [-0.39, 0.29) is 11.7 Å². The molecule has 0 radical (unpaired) electrons. The van der Waals surface area contributed by atoms with E-state index in [9.17, 15) is 9.18 Å². The van der Waals surface area contributed by atoms with Gasteiger partial charge in [-0.1, -0.05) is 13.0 Å². The van der Waals surface area contributed by atoms with Gasteiger partial charge in [0.05, 0.1) is 11.6 Å². The van der Waals surface area contributed by atoms with Crippen molar-refractivity contribution in [3.05, 3.63) is 35.8 Å². The summed E-state index contributed by atoms with van der Waals surface area (Å²) in [4.78, 5) is 10.4. The molecule has 0 spiro atoms. The minimum Gasteiger partial charge on any atom is -0.464 e. The number of aldehydes is 1. The van der Waals surface area contributed by atoms with Crippen molar-refractivity contribution in [1.82, 2.24) is 0 Å². The maximum absolute atomic E-state index is 13.9. The summed E-state index contributed by atoms with van der Waals surface area (Å²) in [5.74, 6) is -0.377. The highest BCUT2D eigenvalue weighted by molar-refractivity contribution is 5.78. The molecule has 1 unspecified atom stereocenters. The number of rotatable bonds is 3. The Bertz CT molecular complexity index is 487. The van der Waals surface area contributed by atoms with Crippen molar-refractivity contribution in [2.24, 2.45) is 0 Å². The number of benzene rings is 1. The Balaban J connectivity index is 2.51. The molecule has 2 rings (SSSR count). The summed E-state index contributed by atoms with van der Waals surface area (Å²) in [6.07, 6.45) is 2.60. The largest absolute Gasteiger partial charge is 0.464 e. The lowest BCUT2D eigenvalue weighted by Crippen LogP contribution is -1.98. The molecule has 0 aliphatic carbocycles. The van der Waals surface area contributed by atoms with E-state index < -0.39 is 0 Å². The molecule has 0 bridgehead atoms. The van der Waals surface area contributed by atoms with Gasteiger partial charge in [0.1, 0.15) is 17.7 Å². The second kappa shape index (κ2) is 3.85. The Morgan fingerprint density at radius 3 is 3.00 bits per heavy atom. The van der Waals surface area contributed by atoms with E-state index in [1.165, 1.54) is 6.26 Å². The molecule has 15 heavy (non-hydrogen) atoms. The SMILES string of the molecule is CC(CC=O)c1ccc2occc2c1F. The van der Waals surface area contributed by atoms with Crippen LogP contribution in [0.5, 0.6) is 0 Å². The number of fused-ring (bicyclic) bond motifs is 1. The predicted molar refractivity (Wildman–Crippen MR) is 55.3 cm³/mol. The Morgan fingerprint density at radius 1 is 1.47 bits per heavy atom. The van der Waals surface area contributed by atoms with Crippen LogP contribution in [0.1, 0.15) is 24.8 Å². The summed E-state index contributed by atoms with van der Waals surface area (Å²) in [7, 11) is 0. The number of hydrogen-bond donors (Lipinski definition) is 0. The topological polar surface area (TPSA) is 30.2 Å². The van der Waals surface area contributed by atoms with Gasteiger partial charge in [0.25, 0.3) is 0 Å². The van der Waals surface area contributed by atoms with Crippen LogP contribution in [0.2, 0.25) is 0 Å². The zero-order valence-corrected chi connectivity index (χ0v) is 8.37. The van der Waals surface area contributed by atoms with Crippen LogP contribution >= 0.6 is 0 Å². The minimum atomic E-state index is -0.282. The average Bonchev–Trinajstić information content (AvgIpc) is 2.67. The molecule has 1 aromatic heterocycles. The summed E-state index contributed by atoms with van der Waals surface area (Å²) >= 11 is 0. The molecule has 0 amide bonds. The van der Waals surface area contributed by atoms with E-state index in [1.54, 1.807) is 18.2 Å². The lowest BCUT2D eigenvalue weighted by Gasteiger charge is -2.09. The lowest BCUT2D eigenvalue weighted by atomic mass is 9.97. The van der Waals surface area contributed by atoms with E-state index in [1.807, 2.05) is 6.92 Å². The highest BCUT2D eigenvalue weighted by Crippen LogP contribution is 2.28. The fourth-order valence-corrected chi connectivity index (χ4v) is 1.68. The van der Waals surface area contributed by atoms with Crippen molar-refractivity contribution in [1.29, 1.82) is 0 Å². The van der Waals surface area contributed by atoms with Crippen molar-refractivity contribution >= 4 is 17.3 Å². The van der Waals surface area contributed by atoms with E-state index in [2.05, 4.69) is 0 Å². The zero-order chi connectivity index (χ0) is 10.8. The first-order valence-corrected chi connectivity index (χ1v) is 4.83. The van der Waals surface area contributed by atoms with Gasteiger partial charge in [0, 0.05) is 6.42 Å². The van der Waals surface area contributed by atoms with Crippen LogP contribution in [0.15, 0.2) is 28.9 Å². The molecule has 0 saturated carbocycles. The van der Waals surface area contributed by atoms with E-state index in [0.29, 0.717) is 23.0 Å². The monoisotopic (exact) mass is 206 g/mol. The molecule has 0 aliphatic rings. The van der Waals surface area contributed by atoms with E-state index in [0.717, 1.165) is 6.29 Å². The number of furan rings is 1. The molecule has 1 heterocycles. The first kappa shape index (κ1) is 9.90. The molecular formula is C12H11FO2. The number of halogens is 1. The highest BCUT2D eigenvalue weighted by Gasteiger charge is 2.14. The third-order valence-electron chi connectivity index (χ3n) is 2.58. The quantitative estimate of drug-likeness (QED) is 0.721. The van der Waals surface area contributed by atoms with Gasteiger partial charge in [-0.3, -0.25) is 0 Å². The minimum absolute atomic E-state index is 0.0956. The number of carbonyl (C=O) groups is 1. The number of hydrogen-bond acceptors (Lipinski definition) is 2. The van der Waals surface area contributed by atoms with Gasteiger partial charge in [0.2, 0.25) is 0 Å². The Labute approximate surface area is 86.7 Å². The third-order valence-corrected chi connectivity index (χ3v) is 2.58. The van der Waals surface area contributed by atoms with Crippen molar-refractivity contribution in [3.63, 3.8) is 0 Å². The molecule has 78 valence electrons. The average molecular weight is 206 g/mol. The highest BCUT2D eigenvalue weighted by atomic mass is 19.1. The summed E-state index contributed by atoms with van der Waals surface area (Å²) in [6.45, 7) is 1.83. The maximum atomic E-state index is 13.9. The van der Waals surface area contributed by atoms with Crippen LogP contribution in [0.4, 0.5) is 4.39 Å². The molecule has 0 saturated heterocycles. The molecule has 3 heteroatoms. The van der Waals surface area contributed by atoms with Crippen LogP contribution in [-0.2, 0) is 4.79 Å². The lowest BCUT2D eigenvalue weighted by molar-refractivity contribution is -0.108. The van der Waals surface area contributed by atoms with Gasteiger partial charge >= 0.3 is 0 Å². The summed E-state index contributed by atoms with van der Waals surface area (Å²) in [6, 6.07) is 5.01. The second-order valence-electron chi connectivity index (χ2n) is 3.60. The molecule has 1 aromatic carbocycles. The van der Waals surface area contributed by atoms with E-state index >= 15 is 0 Å². The standard InChI is InChI=1S/C12H11FO2/c1-8(4-6-14)9-2-3-11-10(12(9)13)5-7-15-11/h2-3,5-8H,4H2,1H3. The Morgan fingerprint density at radius 2 is 2.27 bits per heavy atom. The van der Waals surface area contributed by atoms with Gasteiger partial charge in [-0.25, -0.2) is 4.39 Å². The van der Waals surface area contributed by atoms with Gasteiger partial charge in [0.15, 0.2) is 0 Å². The van der Waals surface area contributed by atoms with Crippen LogP contribution in [0.3, 0.4) is 0 Å². The normalized spacial score (nSPS) is 12.9. The Kier molecular flexibility index (Phi) is 2.54. The molecule has 1 atom stereocenters. The van der Waals surface area contributed by atoms with Crippen molar-refractivity contribution in [3.8, 4) is 0 Å². The molecule has 0 fully saturated rings. The molecular weight excluding hydrogens is 195 g/mol. The van der Waals surface area contributed by atoms with E-state index in [4.69, 9.17) is 4.42 Å². The summed E-state index contributed by atoms with van der Waals surface area (Å²) in [5.41, 5.74) is 1.10. The maximum Gasteiger partial charge on any atom is 0.137 e. The fourth-order valence-electron chi connectivity index (χ4n) is 1.68. The van der Waals surface area contributed by atoms with Gasteiger partial charge in [-0.2, -0.15) is 0 Å². The van der Waals surface area contributed by atoms with Crippen LogP contribution in [-0.4, -0.2) is 6.29 Å². The Hall–Kier alpha value is -1.64. The predicted octanol–water partition coefficient (Wildman–Crippen LogP) is 3.26. The van der Waals surface area contributed by atoms with Crippen LogP contribution in [0, 0.1) is 5.82 Å². The van der Waals surface area contributed by atoms with Crippen molar-refractivity contribution < 1.29 is 13.6 Å². The molecule has 0 aliphatic heterocycles. The second-order valence-corrected chi connectivity index (χ2v) is 3.60. The summed E-state index contributed by atoms with van der Waals surface area (Å²) in [5, 5.41) is 0.477. The summed E-state index contributed by atoms with van der Waals surface area (Å²) < 4.78 is 19.0. The molecule has 2 aromatic rings. The van der Waals surface area contributed by atoms with Crippen LogP contribution in [0.25, 0.3) is 11.0 Å². The zero-order valence-electron chi connectivity index (χ0n) is 8.37. The number of carbonyl (C=O) groups excluding carboxylic acids is 1. The van der Waals surface area contributed by atoms with Gasteiger partial charge in [-0.15, -0.1) is 0 Å². The molecule has 0 N–H and O–H groups in total. The van der Waals surface area contributed by atoms with Crippen molar-refractivity contribution in [2.75, 3.05) is 0 Å². The smallest absolute Gasteiger partial charge is 0.137 e. The molecule has 2 nitrogen and oxygen atoms in total. The first-order chi connectivity index (χ1) is 7.24. The fraction of sp³-hybridized carbons (Fsp3) is 0.250. The van der Waals surface area contributed by atoms with Crippen molar-refractivity contribution in [2.45, 2.75) is 19.3 Å². The first-order valence-electron chi connectivity index (χ1n) is 4.83. The van der Waals surface area contributed by atoms with Gasteiger partial charge in [-0.05, 0) is 23.6 Å².